The fourth-order valence-corrected chi connectivity index (χ4v) is 1.94. The van der Waals surface area contributed by atoms with Crippen molar-refractivity contribution in [1.29, 1.82) is 0 Å². The number of nitro benzene ring substituents is 1. The third-order valence-corrected chi connectivity index (χ3v) is 3.25. The SMILES string of the molecule is N[C@@H](Cc1ccc(OCc2ccc([N+](=O)[O-])cc2)cc1)C(=O)O. The molecule has 23 heavy (non-hydrogen) atoms. The molecule has 7 heteroatoms. The van der Waals surface area contributed by atoms with E-state index in [1.165, 1.54) is 12.1 Å². The van der Waals surface area contributed by atoms with E-state index in [0.717, 1.165) is 11.1 Å². The van der Waals surface area contributed by atoms with E-state index in [1.54, 1.807) is 36.4 Å². The summed E-state index contributed by atoms with van der Waals surface area (Å²) in [5.41, 5.74) is 7.13. The average Bonchev–Trinajstić information content (AvgIpc) is 2.54. The van der Waals surface area contributed by atoms with Crippen LogP contribution in [0.2, 0.25) is 0 Å². The predicted molar refractivity (Wildman–Crippen MR) is 83.2 cm³/mol. The molecule has 120 valence electrons. The maximum atomic E-state index is 10.7. The molecule has 0 amide bonds. The average molecular weight is 316 g/mol. The minimum absolute atomic E-state index is 0.0351. The molecule has 2 aromatic rings. The highest BCUT2D eigenvalue weighted by Crippen LogP contribution is 2.17. The van der Waals surface area contributed by atoms with Crippen molar-refractivity contribution in [2.45, 2.75) is 19.1 Å². The number of rotatable bonds is 7. The van der Waals surface area contributed by atoms with Gasteiger partial charge < -0.3 is 15.6 Å². The van der Waals surface area contributed by atoms with Crippen LogP contribution in [0.5, 0.6) is 5.75 Å². The molecule has 0 aromatic heterocycles. The van der Waals surface area contributed by atoms with Crippen LogP contribution < -0.4 is 10.5 Å². The number of ether oxygens (including phenoxy) is 1. The lowest BCUT2D eigenvalue weighted by atomic mass is 10.1. The van der Waals surface area contributed by atoms with Crippen molar-refractivity contribution >= 4 is 11.7 Å². The van der Waals surface area contributed by atoms with Crippen molar-refractivity contribution in [3.05, 3.63) is 69.8 Å². The number of benzene rings is 2. The molecule has 1 atom stereocenters. The molecule has 0 aliphatic carbocycles. The van der Waals surface area contributed by atoms with Crippen molar-refractivity contribution in [3.8, 4) is 5.75 Å². The highest BCUT2D eigenvalue weighted by Gasteiger charge is 2.11. The Kier molecular flexibility index (Phi) is 5.27. The van der Waals surface area contributed by atoms with E-state index in [0.29, 0.717) is 5.75 Å². The molecule has 0 heterocycles. The number of carboxylic acid groups (broad SMARTS) is 1. The molecule has 0 bridgehead atoms. The molecule has 0 fully saturated rings. The summed E-state index contributed by atoms with van der Waals surface area (Å²) in [5, 5.41) is 19.3. The normalized spacial score (nSPS) is 11.7. The van der Waals surface area contributed by atoms with Gasteiger partial charge in [0.25, 0.3) is 5.69 Å². The highest BCUT2D eigenvalue weighted by atomic mass is 16.6. The zero-order valence-corrected chi connectivity index (χ0v) is 12.2. The van der Waals surface area contributed by atoms with Gasteiger partial charge in [-0.1, -0.05) is 12.1 Å². The topological polar surface area (TPSA) is 116 Å². The second kappa shape index (κ2) is 7.37. The summed E-state index contributed by atoms with van der Waals surface area (Å²) in [5.74, 6) is -0.417. The number of carbonyl (C=O) groups is 1. The van der Waals surface area contributed by atoms with Gasteiger partial charge in [0, 0.05) is 12.1 Å². The van der Waals surface area contributed by atoms with E-state index in [9.17, 15) is 14.9 Å². The molecule has 3 N–H and O–H groups in total. The lowest BCUT2D eigenvalue weighted by molar-refractivity contribution is -0.384. The lowest BCUT2D eigenvalue weighted by Crippen LogP contribution is -2.32. The van der Waals surface area contributed by atoms with Gasteiger partial charge in [-0.25, -0.2) is 0 Å². The van der Waals surface area contributed by atoms with E-state index in [2.05, 4.69) is 0 Å². The monoisotopic (exact) mass is 316 g/mol. The summed E-state index contributed by atoms with van der Waals surface area (Å²) in [6.07, 6.45) is 0.248. The van der Waals surface area contributed by atoms with Gasteiger partial charge in [0.05, 0.1) is 4.92 Å². The van der Waals surface area contributed by atoms with Crippen molar-refractivity contribution in [2.75, 3.05) is 0 Å². The van der Waals surface area contributed by atoms with Crippen LogP contribution in [0.1, 0.15) is 11.1 Å². The summed E-state index contributed by atoms with van der Waals surface area (Å²) >= 11 is 0. The van der Waals surface area contributed by atoms with E-state index < -0.39 is 16.9 Å². The summed E-state index contributed by atoms with van der Waals surface area (Å²) in [4.78, 5) is 20.8. The fraction of sp³-hybridized carbons (Fsp3) is 0.188. The van der Waals surface area contributed by atoms with E-state index >= 15 is 0 Å². The quantitative estimate of drug-likeness (QED) is 0.597. The van der Waals surface area contributed by atoms with Crippen LogP contribution in [0.25, 0.3) is 0 Å². The number of hydrogen-bond donors (Lipinski definition) is 2. The Bertz CT molecular complexity index is 683. The molecule has 0 spiro atoms. The molecular weight excluding hydrogens is 300 g/mol. The molecule has 0 saturated heterocycles. The van der Waals surface area contributed by atoms with Crippen LogP contribution in [0, 0.1) is 10.1 Å². The van der Waals surface area contributed by atoms with Gasteiger partial charge in [0.1, 0.15) is 18.4 Å². The van der Waals surface area contributed by atoms with Gasteiger partial charge in [-0.3, -0.25) is 14.9 Å². The van der Waals surface area contributed by atoms with Crippen LogP contribution in [-0.2, 0) is 17.8 Å². The summed E-state index contributed by atoms with van der Waals surface area (Å²) < 4.78 is 5.58. The molecule has 0 radical (unpaired) electrons. The Balaban J connectivity index is 1.91. The van der Waals surface area contributed by atoms with Crippen molar-refractivity contribution in [3.63, 3.8) is 0 Å². The Morgan fingerprint density at radius 2 is 1.70 bits per heavy atom. The minimum Gasteiger partial charge on any atom is -0.489 e. The molecule has 0 saturated carbocycles. The van der Waals surface area contributed by atoms with Gasteiger partial charge in [-0.15, -0.1) is 0 Å². The van der Waals surface area contributed by atoms with E-state index in [-0.39, 0.29) is 18.7 Å². The number of non-ortho nitro benzene ring substituents is 1. The summed E-state index contributed by atoms with van der Waals surface area (Å²) in [7, 11) is 0. The molecule has 0 unspecified atom stereocenters. The Morgan fingerprint density at radius 3 is 2.22 bits per heavy atom. The van der Waals surface area contributed by atoms with Gasteiger partial charge in [-0.2, -0.15) is 0 Å². The van der Waals surface area contributed by atoms with Crippen LogP contribution in [-0.4, -0.2) is 22.0 Å². The van der Waals surface area contributed by atoms with Crippen LogP contribution in [0.4, 0.5) is 5.69 Å². The summed E-state index contributed by atoms with van der Waals surface area (Å²) in [6, 6.07) is 12.2. The van der Waals surface area contributed by atoms with E-state index in [1.807, 2.05) is 0 Å². The van der Waals surface area contributed by atoms with Crippen LogP contribution in [0.15, 0.2) is 48.5 Å². The predicted octanol–water partition coefficient (Wildman–Crippen LogP) is 2.13. The maximum absolute atomic E-state index is 10.7. The highest BCUT2D eigenvalue weighted by molar-refractivity contribution is 5.73. The number of nitro groups is 1. The second-order valence-electron chi connectivity index (χ2n) is 5.01. The largest absolute Gasteiger partial charge is 0.489 e. The first-order valence-corrected chi connectivity index (χ1v) is 6.89. The number of nitrogens with zero attached hydrogens (tertiary/aromatic N) is 1. The van der Waals surface area contributed by atoms with Gasteiger partial charge in [-0.05, 0) is 41.8 Å². The minimum atomic E-state index is -1.04. The zero-order valence-electron chi connectivity index (χ0n) is 12.2. The summed E-state index contributed by atoms with van der Waals surface area (Å²) in [6.45, 7) is 0.284. The van der Waals surface area contributed by atoms with E-state index in [4.69, 9.17) is 15.6 Å². The van der Waals surface area contributed by atoms with Crippen molar-refractivity contribution in [2.24, 2.45) is 5.73 Å². The smallest absolute Gasteiger partial charge is 0.320 e. The standard InChI is InChI=1S/C16H16N2O5/c17-15(16(19)20)9-11-3-7-14(8-4-11)23-10-12-1-5-13(6-2-12)18(21)22/h1-8,15H,9-10,17H2,(H,19,20)/t15-/m0/s1. The first-order chi connectivity index (χ1) is 11.0. The number of aliphatic carboxylic acids is 1. The molecular formula is C16H16N2O5. The van der Waals surface area contributed by atoms with Gasteiger partial charge in [0.15, 0.2) is 0 Å². The molecule has 0 aliphatic rings. The second-order valence-corrected chi connectivity index (χ2v) is 5.01. The zero-order chi connectivity index (χ0) is 16.8. The Hall–Kier alpha value is -2.93. The van der Waals surface area contributed by atoms with Crippen LogP contribution in [0.3, 0.4) is 0 Å². The fourth-order valence-electron chi connectivity index (χ4n) is 1.94. The maximum Gasteiger partial charge on any atom is 0.320 e. The first kappa shape index (κ1) is 16.4. The molecule has 0 aliphatic heterocycles. The third kappa shape index (κ3) is 4.79. The molecule has 7 nitrogen and oxygen atoms in total. The third-order valence-electron chi connectivity index (χ3n) is 3.25. The van der Waals surface area contributed by atoms with Gasteiger partial charge >= 0.3 is 5.97 Å². The Morgan fingerprint density at radius 1 is 1.13 bits per heavy atom. The molecule has 2 aromatic carbocycles. The number of carboxylic acids is 1. The lowest BCUT2D eigenvalue weighted by Gasteiger charge is -2.09. The number of nitrogens with two attached hydrogens (primary N) is 1. The number of hydrogen-bond acceptors (Lipinski definition) is 5. The van der Waals surface area contributed by atoms with Crippen molar-refractivity contribution in [1.82, 2.24) is 0 Å². The van der Waals surface area contributed by atoms with Crippen LogP contribution >= 0.6 is 0 Å². The van der Waals surface area contributed by atoms with Gasteiger partial charge in [0.2, 0.25) is 0 Å². The molecule has 2 rings (SSSR count). The first-order valence-electron chi connectivity index (χ1n) is 6.89. The Labute approximate surface area is 132 Å². The van der Waals surface area contributed by atoms with Crippen molar-refractivity contribution < 1.29 is 19.6 Å².